The van der Waals surface area contributed by atoms with E-state index in [0.29, 0.717) is 19.0 Å². The summed E-state index contributed by atoms with van der Waals surface area (Å²) < 4.78 is 11.3. The molecule has 1 aliphatic rings. The van der Waals surface area contributed by atoms with Crippen molar-refractivity contribution in [3.8, 4) is 5.88 Å². The van der Waals surface area contributed by atoms with Crippen LogP contribution < -0.4 is 10.1 Å². The van der Waals surface area contributed by atoms with Gasteiger partial charge in [0.25, 0.3) is 0 Å². The van der Waals surface area contributed by atoms with Crippen molar-refractivity contribution < 1.29 is 9.47 Å². The second kappa shape index (κ2) is 10.5. The highest BCUT2D eigenvalue weighted by molar-refractivity contribution is 14.0. The molecule has 0 saturated carbocycles. The fraction of sp³-hybridized carbons (Fsp3) is 0.400. The molecule has 1 aliphatic heterocycles. The van der Waals surface area contributed by atoms with Gasteiger partial charge in [0, 0.05) is 31.9 Å². The standard InChI is InChI=1S/C20H26N4O2.HI/c1-15-7-4-5-9-17(15)18-14-24(11-12-26-18)20(21-2)23-13-16-8-6-10-22-19(16)25-3;/h4-10,18H,11-14H2,1-3H3,(H,21,23);1H. The number of nitrogens with zero attached hydrogens (tertiary/aromatic N) is 3. The summed E-state index contributed by atoms with van der Waals surface area (Å²) in [6, 6.07) is 12.3. The molecule has 1 aromatic carbocycles. The molecule has 1 saturated heterocycles. The maximum Gasteiger partial charge on any atom is 0.218 e. The van der Waals surface area contributed by atoms with Crippen molar-refractivity contribution in [1.29, 1.82) is 0 Å². The molecule has 1 unspecified atom stereocenters. The first kappa shape index (κ1) is 21.4. The van der Waals surface area contributed by atoms with Crippen LogP contribution in [0.3, 0.4) is 0 Å². The van der Waals surface area contributed by atoms with E-state index in [4.69, 9.17) is 9.47 Å². The Morgan fingerprint density at radius 2 is 2.15 bits per heavy atom. The average Bonchev–Trinajstić information content (AvgIpc) is 2.69. The van der Waals surface area contributed by atoms with Gasteiger partial charge in [-0.05, 0) is 24.1 Å². The fourth-order valence-electron chi connectivity index (χ4n) is 3.23. The number of hydrogen-bond acceptors (Lipinski definition) is 4. The van der Waals surface area contributed by atoms with E-state index in [0.717, 1.165) is 24.6 Å². The quantitative estimate of drug-likeness (QED) is 0.412. The van der Waals surface area contributed by atoms with Crippen molar-refractivity contribution in [3.63, 3.8) is 0 Å². The molecule has 146 valence electrons. The van der Waals surface area contributed by atoms with Crippen molar-refractivity contribution in [1.82, 2.24) is 15.2 Å². The van der Waals surface area contributed by atoms with E-state index in [2.05, 4.69) is 51.4 Å². The first-order chi connectivity index (χ1) is 12.7. The number of halogens is 1. The number of methoxy groups -OCH3 is 1. The Morgan fingerprint density at radius 3 is 2.89 bits per heavy atom. The van der Waals surface area contributed by atoms with Crippen LogP contribution in [-0.4, -0.2) is 49.7 Å². The van der Waals surface area contributed by atoms with Crippen LogP contribution in [0.1, 0.15) is 22.8 Å². The van der Waals surface area contributed by atoms with Gasteiger partial charge in [-0.2, -0.15) is 0 Å². The molecule has 0 aliphatic carbocycles. The number of hydrogen-bond donors (Lipinski definition) is 1. The third-order valence-corrected chi connectivity index (χ3v) is 4.59. The van der Waals surface area contributed by atoms with Gasteiger partial charge in [0.05, 0.1) is 20.3 Å². The van der Waals surface area contributed by atoms with Gasteiger partial charge in [-0.25, -0.2) is 4.98 Å². The van der Waals surface area contributed by atoms with Gasteiger partial charge in [-0.15, -0.1) is 24.0 Å². The van der Waals surface area contributed by atoms with Crippen LogP contribution in [0.15, 0.2) is 47.6 Å². The SMILES string of the molecule is CN=C(NCc1cccnc1OC)N1CCOC(c2ccccc2C)C1.I. The zero-order chi connectivity index (χ0) is 18.4. The summed E-state index contributed by atoms with van der Waals surface area (Å²) in [5, 5.41) is 3.42. The Labute approximate surface area is 178 Å². The second-order valence-electron chi connectivity index (χ2n) is 6.23. The minimum absolute atomic E-state index is 0. The van der Waals surface area contributed by atoms with E-state index in [9.17, 15) is 0 Å². The van der Waals surface area contributed by atoms with Gasteiger partial charge in [0.2, 0.25) is 5.88 Å². The van der Waals surface area contributed by atoms with Crippen molar-refractivity contribution >= 4 is 29.9 Å². The molecular weight excluding hydrogens is 455 g/mol. The van der Waals surface area contributed by atoms with Gasteiger partial charge >= 0.3 is 0 Å². The lowest BCUT2D eigenvalue weighted by Crippen LogP contribution is -2.48. The number of aliphatic imine (C=N–C) groups is 1. The number of morpholine rings is 1. The highest BCUT2D eigenvalue weighted by atomic mass is 127. The largest absolute Gasteiger partial charge is 0.481 e. The minimum atomic E-state index is 0. The van der Waals surface area contributed by atoms with Gasteiger partial charge in [0.15, 0.2) is 5.96 Å². The molecule has 1 fully saturated rings. The molecule has 0 bridgehead atoms. The normalized spacial score (nSPS) is 17.2. The van der Waals surface area contributed by atoms with Crippen LogP contribution in [0.4, 0.5) is 0 Å². The van der Waals surface area contributed by atoms with Crippen LogP contribution >= 0.6 is 24.0 Å². The molecule has 7 heteroatoms. The zero-order valence-corrected chi connectivity index (χ0v) is 18.3. The highest BCUT2D eigenvalue weighted by Crippen LogP contribution is 2.25. The number of ether oxygens (including phenoxy) is 2. The lowest BCUT2D eigenvalue weighted by Gasteiger charge is -2.35. The van der Waals surface area contributed by atoms with E-state index < -0.39 is 0 Å². The van der Waals surface area contributed by atoms with Crippen molar-refractivity contribution in [3.05, 3.63) is 59.3 Å². The van der Waals surface area contributed by atoms with Crippen molar-refractivity contribution in [2.24, 2.45) is 4.99 Å². The molecular formula is C20H27IN4O2. The Balaban J connectivity index is 0.00000261. The molecule has 0 spiro atoms. The predicted octanol–water partition coefficient (Wildman–Crippen LogP) is 3.17. The third kappa shape index (κ3) is 5.32. The molecule has 0 radical (unpaired) electrons. The Kier molecular flexibility index (Phi) is 8.30. The summed E-state index contributed by atoms with van der Waals surface area (Å²) in [6.45, 7) is 4.99. The molecule has 1 atom stereocenters. The van der Waals surface area contributed by atoms with E-state index in [-0.39, 0.29) is 30.1 Å². The number of aromatic nitrogens is 1. The molecule has 2 aromatic rings. The number of rotatable bonds is 4. The molecule has 3 rings (SSSR count). The average molecular weight is 482 g/mol. The summed E-state index contributed by atoms with van der Waals surface area (Å²) in [5.74, 6) is 1.49. The highest BCUT2D eigenvalue weighted by Gasteiger charge is 2.25. The Morgan fingerprint density at radius 1 is 1.33 bits per heavy atom. The summed E-state index contributed by atoms with van der Waals surface area (Å²) >= 11 is 0. The lowest BCUT2D eigenvalue weighted by atomic mass is 10.0. The molecule has 2 heterocycles. The van der Waals surface area contributed by atoms with Crippen LogP contribution in [0.25, 0.3) is 0 Å². The summed E-state index contributed by atoms with van der Waals surface area (Å²) in [7, 11) is 3.44. The van der Waals surface area contributed by atoms with E-state index in [1.807, 2.05) is 12.1 Å². The Hall–Kier alpha value is -1.87. The van der Waals surface area contributed by atoms with Crippen molar-refractivity contribution in [2.75, 3.05) is 33.9 Å². The number of aryl methyl sites for hydroxylation is 1. The maximum absolute atomic E-state index is 6.01. The molecule has 27 heavy (non-hydrogen) atoms. The van der Waals surface area contributed by atoms with Crippen LogP contribution in [0.2, 0.25) is 0 Å². The summed E-state index contributed by atoms with van der Waals surface area (Å²) in [4.78, 5) is 10.9. The zero-order valence-electron chi connectivity index (χ0n) is 16.0. The van der Waals surface area contributed by atoms with E-state index in [1.165, 1.54) is 11.1 Å². The minimum Gasteiger partial charge on any atom is -0.481 e. The molecule has 0 amide bonds. The second-order valence-corrected chi connectivity index (χ2v) is 6.23. The fourth-order valence-corrected chi connectivity index (χ4v) is 3.23. The smallest absolute Gasteiger partial charge is 0.218 e. The van der Waals surface area contributed by atoms with Crippen LogP contribution in [-0.2, 0) is 11.3 Å². The van der Waals surface area contributed by atoms with Crippen LogP contribution in [0.5, 0.6) is 5.88 Å². The number of nitrogens with one attached hydrogen (secondary N) is 1. The number of guanidine groups is 1. The molecule has 6 nitrogen and oxygen atoms in total. The van der Waals surface area contributed by atoms with Gasteiger partial charge < -0.3 is 19.7 Å². The third-order valence-electron chi connectivity index (χ3n) is 4.59. The van der Waals surface area contributed by atoms with Crippen molar-refractivity contribution in [2.45, 2.75) is 19.6 Å². The van der Waals surface area contributed by atoms with Crippen LogP contribution in [0, 0.1) is 6.92 Å². The monoisotopic (exact) mass is 482 g/mol. The first-order valence-corrected chi connectivity index (χ1v) is 8.83. The van der Waals surface area contributed by atoms with Gasteiger partial charge in [-0.3, -0.25) is 4.99 Å². The predicted molar refractivity (Wildman–Crippen MR) is 118 cm³/mol. The van der Waals surface area contributed by atoms with Gasteiger partial charge in [-0.1, -0.05) is 30.3 Å². The first-order valence-electron chi connectivity index (χ1n) is 8.83. The Bertz CT molecular complexity index is 769. The maximum atomic E-state index is 6.01. The number of pyridine rings is 1. The summed E-state index contributed by atoms with van der Waals surface area (Å²) in [6.07, 6.45) is 1.78. The lowest BCUT2D eigenvalue weighted by molar-refractivity contribution is -0.00834. The van der Waals surface area contributed by atoms with Gasteiger partial charge in [0.1, 0.15) is 6.10 Å². The van der Waals surface area contributed by atoms with E-state index >= 15 is 0 Å². The molecule has 1 N–H and O–H groups in total. The summed E-state index contributed by atoms with van der Waals surface area (Å²) in [5.41, 5.74) is 3.49. The number of benzene rings is 1. The molecule has 1 aromatic heterocycles. The van der Waals surface area contributed by atoms with E-state index in [1.54, 1.807) is 20.4 Å². The topological polar surface area (TPSA) is 59.0 Å².